The van der Waals surface area contributed by atoms with Crippen LogP contribution in [0.1, 0.15) is 23.8 Å². The first kappa shape index (κ1) is 16.1. The number of rotatable bonds is 9. The Morgan fingerprint density at radius 3 is 2.71 bits per heavy atom. The van der Waals surface area contributed by atoms with E-state index in [1.54, 1.807) is 18.4 Å². The minimum absolute atomic E-state index is 0.113. The van der Waals surface area contributed by atoms with Gasteiger partial charge in [-0.3, -0.25) is 4.98 Å². The van der Waals surface area contributed by atoms with Gasteiger partial charge in [0.25, 0.3) is 0 Å². The topological polar surface area (TPSA) is 34.1 Å². The molecule has 0 spiro atoms. The molecule has 0 saturated carbocycles. The zero-order valence-corrected chi connectivity index (χ0v) is 13.7. The second kappa shape index (κ2) is 8.27. The summed E-state index contributed by atoms with van der Waals surface area (Å²) in [6.45, 7) is 4.85. The van der Waals surface area contributed by atoms with E-state index in [1.165, 1.54) is 10.4 Å². The molecule has 0 amide bonds. The van der Waals surface area contributed by atoms with Crippen molar-refractivity contribution in [1.82, 2.24) is 10.3 Å². The predicted octanol–water partition coefficient (Wildman–Crippen LogP) is 3.27. The molecule has 0 aliphatic rings. The van der Waals surface area contributed by atoms with E-state index in [9.17, 15) is 0 Å². The van der Waals surface area contributed by atoms with Crippen molar-refractivity contribution in [1.29, 1.82) is 0 Å². The lowest BCUT2D eigenvalue weighted by atomic mass is 9.75. The zero-order chi connectivity index (χ0) is 15.0. The summed E-state index contributed by atoms with van der Waals surface area (Å²) in [5, 5.41) is 3.55. The number of ether oxygens (including phenoxy) is 1. The minimum atomic E-state index is 0.113. The van der Waals surface area contributed by atoms with Crippen molar-refractivity contribution < 1.29 is 4.74 Å². The summed E-state index contributed by atoms with van der Waals surface area (Å²) < 4.78 is 5.13. The van der Waals surface area contributed by atoms with Crippen molar-refractivity contribution in [3.8, 4) is 0 Å². The van der Waals surface area contributed by atoms with Crippen LogP contribution in [0.2, 0.25) is 0 Å². The van der Waals surface area contributed by atoms with Crippen molar-refractivity contribution in [3.05, 3.63) is 52.5 Å². The number of hydrogen-bond donors (Lipinski definition) is 1. The zero-order valence-electron chi connectivity index (χ0n) is 12.8. The van der Waals surface area contributed by atoms with Gasteiger partial charge in [-0.05, 0) is 18.4 Å². The van der Waals surface area contributed by atoms with Crippen molar-refractivity contribution in [2.45, 2.75) is 25.2 Å². The van der Waals surface area contributed by atoms with Gasteiger partial charge in [-0.25, -0.2) is 0 Å². The number of hydrogen-bond acceptors (Lipinski definition) is 4. The molecule has 1 unspecified atom stereocenters. The second-order valence-corrected chi connectivity index (χ2v) is 6.28. The van der Waals surface area contributed by atoms with E-state index >= 15 is 0 Å². The number of nitrogens with one attached hydrogen (secondary N) is 1. The molecule has 2 rings (SSSR count). The van der Waals surface area contributed by atoms with Crippen LogP contribution in [0.3, 0.4) is 0 Å². The van der Waals surface area contributed by atoms with Crippen molar-refractivity contribution in [3.63, 3.8) is 0 Å². The lowest BCUT2D eigenvalue weighted by Gasteiger charge is -2.33. The molecule has 2 aromatic rings. The van der Waals surface area contributed by atoms with Gasteiger partial charge in [0.05, 0.1) is 12.1 Å². The van der Waals surface area contributed by atoms with Gasteiger partial charge < -0.3 is 10.1 Å². The Labute approximate surface area is 131 Å². The third-order valence-corrected chi connectivity index (χ3v) is 4.78. The maximum absolute atomic E-state index is 5.13. The predicted molar refractivity (Wildman–Crippen MR) is 89.0 cm³/mol. The first-order valence-corrected chi connectivity index (χ1v) is 8.31. The fourth-order valence-electron chi connectivity index (χ4n) is 2.68. The fraction of sp³-hybridized carbons (Fsp3) is 0.471. The van der Waals surface area contributed by atoms with E-state index in [-0.39, 0.29) is 5.41 Å². The second-order valence-electron chi connectivity index (χ2n) is 5.31. The largest absolute Gasteiger partial charge is 0.383 e. The molecule has 0 bridgehead atoms. The third-order valence-electron chi connectivity index (χ3n) is 4.01. The molecule has 1 N–H and O–H groups in total. The molecule has 4 heteroatoms. The Morgan fingerprint density at radius 2 is 2.10 bits per heavy atom. The summed E-state index contributed by atoms with van der Waals surface area (Å²) in [7, 11) is 1.74. The number of thiazole rings is 1. The molecule has 1 atom stereocenters. The highest BCUT2D eigenvalue weighted by atomic mass is 32.1. The summed E-state index contributed by atoms with van der Waals surface area (Å²) >= 11 is 1.74. The smallest absolute Gasteiger partial charge is 0.0794 e. The Morgan fingerprint density at radius 1 is 1.29 bits per heavy atom. The third kappa shape index (κ3) is 4.37. The monoisotopic (exact) mass is 304 g/mol. The first-order valence-electron chi connectivity index (χ1n) is 7.43. The van der Waals surface area contributed by atoms with E-state index in [1.807, 2.05) is 11.7 Å². The van der Waals surface area contributed by atoms with Gasteiger partial charge in [-0.2, -0.15) is 0 Å². The molecule has 1 aromatic carbocycles. The van der Waals surface area contributed by atoms with E-state index in [0.717, 1.165) is 32.5 Å². The highest BCUT2D eigenvalue weighted by Gasteiger charge is 2.30. The van der Waals surface area contributed by atoms with Crippen LogP contribution in [-0.4, -0.2) is 31.8 Å². The minimum Gasteiger partial charge on any atom is -0.383 e. The van der Waals surface area contributed by atoms with Crippen LogP contribution >= 0.6 is 11.3 Å². The number of methoxy groups -OCH3 is 1. The molecule has 0 fully saturated rings. The van der Waals surface area contributed by atoms with Gasteiger partial charge in [0.2, 0.25) is 0 Å². The van der Waals surface area contributed by atoms with Crippen LogP contribution in [0, 0.1) is 0 Å². The highest BCUT2D eigenvalue weighted by molar-refractivity contribution is 7.09. The standard InChI is InChI=1S/C17H24N2OS/c1-3-17(13-18-9-10-20-2,11-16-12-19-14-21-16)15-7-5-4-6-8-15/h4-8,12,14,18H,3,9-11,13H2,1-2H3. The fourth-order valence-corrected chi connectivity index (χ4v) is 3.42. The van der Waals surface area contributed by atoms with Crippen molar-refractivity contribution >= 4 is 11.3 Å². The SMILES string of the molecule is CCC(CNCCOC)(Cc1cncs1)c1ccccc1. The molecule has 0 aliphatic heterocycles. The Bertz CT molecular complexity index is 501. The molecule has 0 saturated heterocycles. The van der Waals surface area contributed by atoms with Crippen LogP contribution in [0.25, 0.3) is 0 Å². The van der Waals surface area contributed by atoms with Crippen LogP contribution in [0.4, 0.5) is 0 Å². The Kier molecular flexibility index (Phi) is 6.36. The lowest BCUT2D eigenvalue weighted by Crippen LogP contribution is -2.40. The Balaban J connectivity index is 2.18. The van der Waals surface area contributed by atoms with Gasteiger partial charge in [-0.1, -0.05) is 37.3 Å². The van der Waals surface area contributed by atoms with Gasteiger partial charge in [0.1, 0.15) is 0 Å². The number of aromatic nitrogens is 1. The molecule has 1 aromatic heterocycles. The summed E-state index contributed by atoms with van der Waals surface area (Å²) in [5.74, 6) is 0. The lowest BCUT2D eigenvalue weighted by molar-refractivity contribution is 0.196. The van der Waals surface area contributed by atoms with Gasteiger partial charge in [-0.15, -0.1) is 11.3 Å². The Hall–Kier alpha value is -1.23. The first-order chi connectivity index (χ1) is 10.3. The van der Waals surface area contributed by atoms with Crippen molar-refractivity contribution in [2.75, 3.05) is 26.8 Å². The summed E-state index contributed by atoms with van der Waals surface area (Å²) in [4.78, 5) is 5.56. The van der Waals surface area contributed by atoms with Gasteiger partial charge in [0.15, 0.2) is 0 Å². The molecule has 1 heterocycles. The van der Waals surface area contributed by atoms with Crippen LogP contribution in [0.15, 0.2) is 42.0 Å². The summed E-state index contributed by atoms with van der Waals surface area (Å²) in [5.41, 5.74) is 3.42. The number of nitrogens with zero attached hydrogens (tertiary/aromatic N) is 1. The quantitative estimate of drug-likeness (QED) is 0.722. The molecule has 0 aliphatic carbocycles. The van der Waals surface area contributed by atoms with Gasteiger partial charge >= 0.3 is 0 Å². The van der Waals surface area contributed by atoms with Crippen LogP contribution in [-0.2, 0) is 16.6 Å². The van der Waals surface area contributed by atoms with E-state index in [4.69, 9.17) is 4.74 Å². The highest BCUT2D eigenvalue weighted by Crippen LogP contribution is 2.32. The summed E-state index contributed by atoms with van der Waals surface area (Å²) in [6, 6.07) is 10.8. The summed E-state index contributed by atoms with van der Waals surface area (Å²) in [6.07, 6.45) is 4.11. The molecular weight excluding hydrogens is 280 g/mol. The maximum Gasteiger partial charge on any atom is 0.0794 e. The van der Waals surface area contributed by atoms with Gasteiger partial charge in [0, 0.05) is 36.7 Å². The molecular formula is C17H24N2OS. The van der Waals surface area contributed by atoms with E-state index in [0.29, 0.717) is 0 Å². The molecule has 3 nitrogen and oxygen atoms in total. The van der Waals surface area contributed by atoms with Crippen molar-refractivity contribution in [2.24, 2.45) is 0 Å². The van der Waals surface area contributed by atoms with Crippen LogP contribution in [0.5, 0.6) is 0 Å². The number of benzene rings is 1. The normalized spacial score (nSPS) is 14.0. The molecule has 0 radical (unpaired) electrons. The maximum atomic E-state index is 5.13. The average molecular weight is 304 g/mol. The van der Waals surface area contributed by atoms with E-state index in [2.05, 4.69) is 47.6 Å². The van der Waals surface area contributed by atoms with Crippen LogP contribution < -0.4 is 5.32 Å². The molecule has 114 valence electrons. The molecule has 21 heavy (non-hydrogen) atoms. The average Bonchev–Trinajstić information content (AvgIpc) is 3.04. The van der Waals surface area contributed by atoms with E-state index < -0.39 is 0 Å².